The monoisotopic (exact) mass is 1420 g/mol. The predicted octanol–water partition coefficient (Wildman–Crippen LogP) is 25.7. The Hall–Kier alpha value is -15.1. The minimum absolute atomic E-state index is 0.596. The van der Waals surface area contributed by atoms with Crippen molar-refractivity contribution in [2.24, 2.45) is 0 Å². The van der Waals surface area contributed by atoms with Crippen LogP contribution >= 0.6 is 0 Å². The van der Waals surface area contributed by atoms with Gasteiger partial charge in [0, 0.05) is 89.5 Å². The van der Waals surface area contributed by atoms with E-state index in [1.165, 1.54) is 32.9 Å². The van der Waals surface area contributed by atoms with Gasteiger partial charge in [0.25, 0.3) is 0 Å². The van der Waals surface area contributed by atoms with Crippen molar-refractivity contribution in [1.29, 1.82) is 0 Å². The van der Waals surface area contributed by atoms with Gasteiger partial charge >= 0.3 is 0 Å². The summed E-state index contributed by atoms with van der Waals surface area (Å²) in [6, 6.07) is 136. The van der Waals surface area contributed by atoms with Crippen LogP contribution in [-0.2, 0) is 0 Å². The Kier molecular flexibility index (Phi) is 15.7. The van der Waals surface area contributed by atoms with Gasteiger partial charge in [-0.2, -0.15) is 0 Å². The Morgan fingerprint density at radius 3 is 1.20 bits per heavy atom. The van der Waals surface area contributed by atoms with Gasteiger partial charge < -0.3 is 9.13 Å². The Balaban J connectivity index is 0.606. The zero-order valence-corrected chi connectivity index (χ0v) is 60.1. The first-order valence-electron chi connectivity index (χ1n) is 37.5. The van der Waals surface area contributed by atoms with Crippen LogP contribution in [0.4, 0.5) is 0 Å². The van der Waals surface area contributed by atoms with Crippen molar-refractivity contribution in [3.05, 3.63) is 395 Å². The Morgan fingerprint density at radius 1 is 0.171 bits per heavy atom. The van der Waals surface area contributed by atoms with Crippen LogP contribution in [0.5, 0.6) is 0 Å². The maximum atomic E-state index is 5.47. The lowest BCUT2D eigenvalue weighted by molar-refractivity contribution is 0.992. The highest BCUT2D eigenvalue weighted by molar-refractivity contribution is 6.14. The molecule has 0 saturated carbocycles. The van der Waals surface area contributed by atoms with Crippen molar-refractivity contribution in [2.75, 3.05) is 0 Å². The fourth-order valence-corrected chi connectivity index (χ4v) is 16.4. The third kappa shape index (κ3) is 11.5. The second kappa shape index (κ2) is 27.1. The molecule has 9 nitrogen and oxygen atoms in total. The van der Waals surface area contributed by atoms with Crippen molar-refractivity contribution >= 4 is 65.4 Å². The number of benzene rings is 15. The van der Waals surface area contributed by atoms with E-state index in [1.807, 2.05) is 30.6 Å². The van der Waals surface area contributed by atoms with Gasteiger partial charge in [0.2, 0.25) is 5.95 Å². The first kappa shape index (κ1) is 64.3. The van der Waals surface area contributed by atoms with Gasteiger partial charge in [0.05, 0.1) is 55.9 Å². The van der Waals surface area contributed by atoms with Gasteiger partial charge in [-0.1, -0.05) is 255 Å². The van der Waals surface area contributed by atoms with Crippen molar-refractivity contribution < 1.29 is 0 Å². The molecule has 0 aliphatic carbocycles. The molecule has 518 valence electrons. The third-order valence-electron chi connectivity index (χ3n) is 21.7. The number of fused-ring (bicyclic) bond motifs is 9. The van der Waals surface area contributed by atoms with Crippen LogP contribution < -0.4 is 0 Å². The molecule has 0 amide bonds. The van der Waals surface area contributed by atoms with Crippen molar-refractivity contribution in [3.63, 3.8) is 0 Å². The van der Waals surface area contributed by atoms with E-state index < -0.39 is 0 Å². The molecule has 0 fully saturated rings. The van der Waals surface area contributed by atoms with E-state index in [2.05, 4.69) is 378 Å². The maximum absolute atomic E-state index is 5.47. The largest absolute Gasteiger partial charge is 0.309 e. The highest BCUT2D eigenvalue weighted by Gasteiger charge is 2.23. The minimum atomic E-state index is 0.596. The highest BCUT2D eigenvalue weighted by Crippen LogP contribution is 2.44. The number of hydrogen-bond acceptors (Lipinski definition) is 6. The summed E-state index contributed by atoms with van der Waals surface area (Å²) in [6.07, 6.45) is 3.75. The zero-order valence-electron chi connectivity index (χ0n) is 60.1. The predicted molar refractivity (Wildman–Crippen MR) is 456 cm³/mol. The normalized spacial score (nSPS) is 11.6. The second-order valence-corrected chi connectivity index (χ2v) is 28.2. The summed E-state index contributed by atoms with van der Waals surface area (Å²) >= 11 is 0. The average molecular weight is 1420 g/mol. The Morgan fingerprint density at radius 2 is 0.568 bits per heavy atom. The number of rotatable bonds is 14. The van der Waals surface area contributed by atoms with Crippen LogP contribution in [0, 0.1) is 0 Å². The summed E-state index contributed by atoms with van der Waals surface area (Å²) in [5, 5.41) is 6.98. The molecule has 6 heterocycles. The molecule has 0 bridgehead atoms. The smallest absolute Gasteiger partial charge is 0.235 e. The van der Waals surface area contributed by atoms with E-state index in [0.717, 1.165) is 156 Å². The second-order valence-electron chi connectivity index (χ2n) is 28.2. The summed E-state index contributed by atoms with van der Waals surface area (Å²) in [4.78, 5) is 31.3. The van der Waals surface area contributed by atoms with Gasteiger partial charge in [-0.25, -0.2) is 29.9 Å². The molecule has 0 aliphatic rings. The number of aromatic nitrogens is 9. The summed E-state index contributed by atoms with van der Waals surface area (Å²) < 4.78 is 6.92. The highest BCUT2D eigenvalue weighted by atomic mass is 15.2. The molecule has 111 heavy (non-hydrogen) atoms. The summed E-state index contributed by atoms with van der Waals surface area (Å²) in [5.74, 6) is 1.89. The van der Waals surface area contributed by atoms with E-state index in [4.69, 9.17) is 29.9 Å². The van der Waals surface area contributed by atoms with E-state index in [1.54, 1.807) is 0 Å². The first-order valence-corrected chi connectivity index (χ1v) is 37.5. The molecule has 0 unspecified atom stereocenters. The molecule has 21 aromatic rings. The van der Waals surface area contributed by atoms with Gasteiger partial charge in [0.1, 0.15) is 0 Å². The molecular formula is C102H65N9. The summed E-state index contributed by atoms with van der Waals surface area (Å²) in [5.41, 5.74) is 29.0. The van der Waals surface area contributed by atoms with E-state index in [9.17, 15) is 0 Å². The summed E-state index contributed by atoms with van der Waals surface area (Å²) in [7, 11) is 0. The molecule has 6 aromatic heterocycles. The average Bonchev–Trinajstić information content (AvgIpc) is 1.65. The minimum Gasteiger partial charge on any atom is -0.309 e. The van der Waals surface area contributed by atoms with Crippen LogP contribution in [0.2, 0.25) is 0 Å². The number of para-hydroxylation sites is 4. The molecule has 0 saturated heterocycles. The molecule has 0 N–H and O–H groups in total. The van der Waals surface area contributed by atoms with Crippen molar-refractivity contribution in [1.82, 2.24) is 43.6 Å². The molecule has 0 aliphatic heterocycles. The molecule has 9 heteroatoms. The number of hydrogen-bond donors (Lipinski definition) is 0. The van der Waals surface area contributed by atoms with Gasteiger partial charge in [-0.05, 0) is 183 Å². The fourth-order valence-electron chi connectivity index (χ4n) is 16.4. The topological polar surface area (TPSA) is 92.1 Å². The van der Waals surface area contributed by atoms with Crippen molar-refractivity contribution in [3.8, 4) is 141 Å². The summed E-state index contributed by atoms with van der Waals surface area (Å²) in [6.45, 7) is 0. The van der Waals surface area contributed by atoms with Crippen LogP contribution in [0.15, 0.2) is 395 Å². The lowest BCUT2D eigenvalue weighted by Crippen LogP contribution is -2.02. The zero-order chi connectivity index (χ0) is 73.3. The standard InChI is InChI=1S/C102H65N9/c1-4-22-66(23-5-1)67-42-44-68(45-43-67)73-28-20-30-76(60-73)90-56-59-104-102(108-90)111-97-41-19-15-37-85(97)89-63-86(87(64-99(89)111)69-24-6-2-7-25-69)74-29-21-31-77(61-74)93-65-92(70-26-8-3-9-27-70)106-101(107-93)72-48-53-79(54-49-72)110-96-40-18-14-36-84(96)88-62-75(50-55-98(88)110)80-32-10-11-33-81(80)91-57-58-103-100(105-91)71-46-51-78(52-47-71)109-94-38-16-12-34-82(94)83-35-13-17-39-95(83)109/h1-65H. The third-order valence-corrected chi connectivity index (χ3v) is 21.7. The van der Waals surface area contributed by atoms with Gasteiger partial charge in [-0.15, -0.1) is 0 Å². The van der Waals surface area contributed by atoms with Crippen LogP contribution in [0.3, 0.4) is 0 Å². The molecular weight excluding hydrogens is 1350 g/mol. The fraction of sp³-hybridized carbons (Fsp3) is 0. The van der Waals surface area contributed by atoms with Gasteiger partial charge in [0.15, 0.2) is 11.6 Å². The van der Waals surface area contributed by atoms with E-state index in [-0.39, 0.29) is 0 Å². The van der Waals surface area contributed by atoms with Crippen LogP contribution in [0.1, 0.15) is 0 Å². The molecule has 0 radical (unpaired) electrons. The van der Waals surface area contributed by atoms with E-state index in [0.29, 0.717) is 17.6 Å². The maximum Gasteiger partial charge on any atom is 0.235 e. The quantitative estimate of drug-likeness (QED) is 0.108. The van der Waals surface area contributed by atoms with Gasteiger partial charge in [-0.3, -0.25) is 4.57 Å². The van der Waals surface area contributed by atoms with Crippen molar-refractivity contribution in [2.45, 2.75) is 0 Å². The van der Waals surface area contributed by atoms with Crippen LogP contribution in [-0.4, -0.2) is 43.6 Å². The lowest BCUT2D eigenvalue weighted by atomic mass is 9.91. The molecule has 15 aromatic carbocycles. The lowest BCUT2D eigenvalue weighted by Gasteiger charge is -2.15. The number of nitrogens with zero attached hydrogens (tertiary/aromatic N) is 9. The Labute approximate surface area is 640 Å². The first-order chi connectivity index (χ1) is 55.0. The van der Waals surface area contributed by atoms with E-state index >= 15 is 0 Å². The SMILES string of the molecule is c1ccc(-c2ccc(-c3cccc(-c4ccnc(-n5c6ccccc6c6cc(-c7cccc(-c8cc(-c9ccccc9)nc(-c9ccc(-n%10c%11ccccc%11c%11cc(-c%12ccccc%12-c%12ccnc(-c%13ccc(-n%14c%15ccccc%15c%15ccccc%15%14)cc%13)n%12)ccc%11%10)cc9)n8)c7)c(-c7ccccc7)cc65)n4)c3)cc2)cc1. The van der Waals surface area contributed by atoms with Crippen LogP contribution in [0.25, 0.3) is 206 Å². The molecule has 0 atom stereocenters. The molecule has 21 rings (SSSR count). The Bertz CT molecular complexity index is 7110. The molecule has 0 spiro atoms.